The highest BCUT2D eigenvalue weighted by Crippen LogP contribution is 2.19. The minimum atomic E-state index is 0.0508. The average Bonchev–Trinajstić information content (AvgIpc) is 3.04. The smallest absolute Gasteiger partial charge is 0.234 e. The fraction of sp³-hybridized carbons (Fsp3) is 0.429. The van der Waals surface area contributed by atoms with Crippen molar-refractivity contribution in [1.29, 1.82) is 0 Å². The van der Waals surface area contributed by atoms with Crippen molar-refractivity contribution in [2.75, 3.05) is 26.8 Å². The molecule has 1 amide bonds. The van der Waals surface area contributed by atoms with Gasteiger partial charge in [0.2, 0.25) is 5.91 Å². The van der Waals surface area contributed by atoms with E-state index >= 15 is 0 Å². The van der Waals surface area contributed by atoms with Crippen molar-refractivity contribution in [2.24, 2.45) is 5.92 Å². The number of amides is 1. The van der Waals surface area contributed by atoms with Crippen LogP contribution in [-0.4, -0.2) is 48.6 Å². The van der Waals surface area contributed by atoms with Gasteiger partial charge in [-0.1, -0.05) is 29.8 Å². The molecule has 2 aromatic rings. The second kappa shape index (κ2) is 8.92. The van der Waals surface area contributed by atoms with Crippen molar-refractivity contribution in [2.45, 2.75) is 25.9 Å². The number of benzene rings is 1. The van der Waals surface area contributed by atoms with E-state index in [0.29, 0.717) is 25.7 Å². The summed E-state index contributed by atoms with van der Waals surface area (Å²) in [5.41, 5.74) is 3.69. The average molecular weight is 353 g/mol. The van der Waals surface area contributed by atoms with Gasteiger partial charge < -0.3 is 10.1 Å². The molecule has 0 aliphatic carbocycles. The van der Waals surface area contributed by atoms with Gasteiger partial charge in [0.15, 0.2) is 0 Å². The lowest BCUT2D eigenvalue weighted by Crippen LogP contribution is -2.44. The lowest BCUT2D eigenvalue weighted by Gasteiger charge is -2.22. The van der Waals surface area contributed by atoms with Gasteiger partial charge in [-0.3, -0.25) is 14.7 Å². The number of aryl methyl sites for hydroxylation is 1. The van der Waals surface area contributed by atoms with Gasteiger partial charge in [0, 0.05) is 24.9 Å². The molecule has 1 aromatic heterocycles. The van der Waals surface area contributed by atoms with Gasteiger partial charge in [0.05, 0.1) is 25.8 Å². The Morgan fingerprint density at radius 3 is 2.62 bits per heavy atom. The normalized spacial score (nSPS) is 19.7. The van der Waals surface area contributed by atoms with E-state index in [1.54, 1.807) is 12.4 Å². The number of rotatable bonds is 7. The number of carbonyl (C=O) groups is 1. The molecule has 1 saturated heterocycles. The summed E-state index contributed by atoms with van der Waals surface area (Å²) in [4.78, 5) is 18.5. The van der Waals surface area contributed by atoms with Gasteiger partial charge in [-0.2, -0.15) is 0 Å². The summed E-state index contributed by atoms with van der Waals surface area (Å²) in [6.45, 7) is 4.49. The first kappa shape index (κ1) is 18.5. The van der Waals surface area contributed by atoms with Crippen LogP contribution < -0.4 is 5.32 Å². The molecular formula is C21H27N3O2. The summed E-state index contributed by atoms with van der Waals surface area (Å²) in [5.74, 6) is 0.360. The Kier molecular flexibility index (Phi) is 6.36. The van der Waals surface area contributed by atoms with Crippen LogP contribution in [0.2, 0.25) is 0 Å². The minimum Gasteiger partial charge on any atom is -0.379 e. The summed E-state index contributed by atoms with van der Waals surface area (Å²) >= 11 is 0. The zero-order chi connectivity index (χ0) is 18.4. The van der Waals surface area contributed by atoms with Gasteiger partial charge in [-0.25, -0.2) is 0 Å². The topological polar surface area (TPSA) is 54.5 Å². The van der Waals surface area contributed by atoms with Crippen molar-refractivity contribution in [3.05, 3.63) is 65.5 Å². The Hall–Kier alpha value is -2.24. The highest BCUT2D eigenvalue weighted by Gasteiger charge is 2.29. The molecule has 5 heteroatoms. The number of ether oxygens (including phenoxy) is 1. The van der Waals surface area contributed by atoms with Gasteiger partial charge in [-0.15, -0.1) is 0 Å². The SMILES string of the molecule is Cc1ccc(CN(C)CC(=O)N[C@H]2COC[C@H]2Cc2ccncc2)cc1. The highest BCUT2D eigenvalue weighted by molar-refractivity contribution is 5.78. The third-order valence-electron chi connectivity index (χ3n) is 4.78. The zero-order valence-electron chi connectivity index (χ0n) is 15.5. The van der Waals surface area contributed by atoms with Crippen LogP contribution in [0.25, 0.3) is 0 Å². The quantitative estimate of drug-likeness (QED) is 0.829. The number of likely N-dealkylation sites (N-methyl/N-ethyl adjacent to an activating group) is 1. The molecule has 1 aliphatic heterocycles. The Morgan fingerprint density at radius 1 is 1.15 bits per heavy atom. The second-order valence-electron chi connectivity index (χ2n) is 7.19. The van der Waals surface area contributed by atoms with Crippen molar-refractivity contribution >= 4 is 5.91 Å². The lowest BCUT2D eigenvalue weighted by molar-refractivity contribution is -0.123. The number of aromatic nitrogens is 1. The number of hydrogen-bond donors (Lipinski definition) is 1. The molecule has 3 rings (SSSR count). The first-order chi connectivity index (χ1) is 12.6. The second-order valence-corrected chi connectivity index (χ2v) is 7.19. The molecule has 26 heavy (non-hydrogen) atoms. The molecule has 0 spiro atoms. The molecule has 0 radical (unpaired) electrons. The molecule has 138 valence electrons. The van der Waals surface area contributed by atoms with E-state index in [9.17, 15) is 4.79 Å². The summed E-state index contributed by atoms with van der Waals surface area (Å²) in [5, 5.41) is 3.15. The van der Waals surface area contributed by atoms with Crippen LogP contribution in [0.1, 0.15) is 16.7 Å². The summed E-state index contributed by atoms with van der Waals surface area (Å²) in [6, 6.07) is 12.5. The van der Waals surface area contributed by atoms with Crippen molar-refractivity contribution in [1.82, 2.24) is 15.2 Å². The molecular weight excluding hydrogens is 326 g/mol. The molecule has 1 N–H and O–H groups in total. The molecule has 0 unspecified atom stereocenters. The van der Waals surface area contributed by atoms with E-state index in [4.69, 9.17) is 4.74 Å². The molecule has 1 aliphatic rings. The predicted molar refractivity (Wildman–Crippen MR) is 102 cm³/mol. The Labute approximate surface area is 155 Å². The van der Waals surface area contributed by atoms with Crippen LogP contribution in [0.15, 0.2) is 48.8 Å². The molecule has 5 nitrogen and oxygen atoms in total. The van der Waals surface area contributed by atoms with E-state index < -0.39 is 0 Å². The van der Waals surface area contributed by atoms with Crippen molar-refractivity contribution < 1.29 is 9.53 Å². The van der Waals surface area contributed by atoms with Gasteiger partial charge >= 0.3 is 0 Å². The Bertz CT molecular complexity index is 703. The molecule has 0 bridgehead atoms. The standard InChI is InChI=1S/C21H27N3O2/c1-16-3-5-18(6-4-16)12-24(2)13-21(25)23-20-15-26-14-19(20)11-17-7-9-22-10-8-17/h3-10,19-20H,11-15H2,1-2H3,(H,23,25)/t19-,20+/m1/s1. The van der Waals surface area contributed by atoms with Crippen molar-refractivity contribution in [3.8, 4) is 0 Å². The first-order valence-electron chi connectivity index (χ1n) is 9.10. The number of nitrogens with one attached hydrogen (secondary N) is 1. The van der Waals surface area contributed by atoms with Crippen LogP contribution in [0, 0.1) is 12.8 Å². The summed E-state index contributed by atoms with van der Waals surface area (Å²) in [6.07, 6.45) is 4.50. The van der Waals surface area contributed by atoms with Gasteiger partial charge in [0.1, 0.15) is 0 Å². The highest BCUT2D eigenvalue weighted by atomic mass is 16.5. The van der Waals surface area contributed by atoms with E-state index in [2.05, 4.69) is 41.5 Å². The van der Waals surface area contributed by atoms with Crippen LogP contribution in [0.4, 0.5) is 0 Å². The lowest BCUT2D eigenvalue weighted by atomic mass is 9.95. The zero-order valence-corrected chi connectivity index (χ0v) is 15.5. The van der Waals surface area contributed by atoms with Crippen LogP contribution in [0.3, 0.4) is 0 Å². The van der Waals surface area contributed by atoms with Gasteiger partial charge in [-0.05, 0) is 43.7 Å². The molecule has 2 atom stereocenters. The fourth-order valence-electron chi connectivity index (χ4n) is 3.34. The van der Waals surface area contributed by atoms with E-state index in [1.165, 1.54) is 16.7 Å². The number of carbonyl (C=O) groups excluding carboxylic acids is 1. The summed E-state index contributed by atoms with van der Waals surface area (Å²) < 4.78 is 5.61. The van der Waals surface area contributed by atoms with E-state index in [1.807, 2.05) is 24.1 Å². The van der Waals surface area contributed by atoms with Crippen molar-refractivity contribution in [3.63, 3.8) is 0 Å². The molecule has 1 aromatic carbocycles. The number of nitrogens with zero attached hydrogens (tertiary/aromatic N) is 2. The Balaban J connectivity index is 1.48. The van der Waals surface area contributed by atoms with E-state index in [0.717, 1.165) is 13.0 Å². The first-order valence-corrected chi connectivity index (χ1v) is 9.10. The molecule has 2 heterocycles. The van der Waals surface area contributed by atoms with Crippen LogP contribution in [-0.2, 0) is 22.5 Å². The largest absolute Gasteiger partial charge is 0.379 e. The number of pyridine rings is 1. The maximum Gasteiger partial charge on any atom is 0.234 e. The van der Waals surface area contributed by atoms with E-state index in [-0.39, 0.29) is 11.9 Å². The monoisotopic (exact) mass is 353 g/mol. The predicted octanol–water partition coefficient (Wildman–Crippen LogP) is 2.20. The molecule has 0 saturated carbocycles. The van der Waals surface area contributed by atoms with Crippen LogP contribution >= 0.6 is 0 Å². The third-order valence-corrected chi connectivity index (χ3v) is 4.78. The minimum absolute atomic E-state index is 0.0508. The van der Waals surface area contributed by atoms with Crippen LogP contribution in [0.5, 0.6) is 0 Å². The number of hydrogen-bond acceptors (Lipinski definition) is 4. The maximum absolute atomic E-state index is 12.4. The van der Waals surface area contributed by atoms with Gasteiger partial charge in [0.25, 0.3) is 0 Å². The fourth-order valence-corrected chi connectivity index (χ4v) is 3.34. The Morgan fingerprint density at radius 2 is 1.88 bits per heavy atom. The third kappa shape index (κ3) is 5.38. The molecule has 1 fully saturated rings. The maximum atomic E-state index is 12.4. The summed E-state index contributed by atoms with van der Waals surface area (Å²) in [7, 11) is 1.97.